The maximum absolute atomic E-state index is 11.8. The lowest BCUT2D eigenvalue weighted by Gasteiger charge is -2.15. The molecule has 0 saturated heterocycles. The van der Waals surface area contributed by atoms with Gasteiger partial charge in [-0.1, -0.05) is 0 Å². The first-order valence-electron chi connectivity index (χ1n) is 5.09. The molecule has 1 unspecified atom stereocenters. The van der Waals surface area contributed by atoms with Crippen LogP contribution < -0.4 is 5.32 Å². The molecule has 1 heterocycles. The molecule has 1 aromatic heterocycles. The van der Waals surface area contributed by atoms with Crippen molar-refractivity contribution in [2.24, 2.45) is 5.41 Å². The minimum atomic E-state index is -1.18. The minimum Gasteiger partial charge on any atom is -0.480 e. The van der Waals surface area contributed by atoms with Crippen LogP contribution in [0.3, 0.4) is 0 Å². The number of H-pyrrole nitrogens is 1. The average molecular weight is 223 g/mol. The van der Waals surface area contributed by atoms with Crippen molar-refractivity contribution in [3.8, 4) is 0 Å². The Morgan fingerprint density at radius 1 is 1.62 bits per heavy atom. The van der Waals surface area contributed by atoms with E-state index in [1.165, 1.54) is 0 Å². The van der Waals surface area contributed by atoms with Gasteiger partial charge >= 0.3 is 5.97 Å². The van der Waals surface area contributed by atoms with Gasteiger partial charge in [0, 0.05) is 11.8 Å². The molecule has 6 heteroatoms. The van der Waals surface area contributed by atoms with Crippen LogP contribution in [0.15, 0.2) is 12.4 Å². The van der Waals surface area contributed by atoms with E-state index in [1.807, 2.05) is 0 Å². The molecular formula is C10H13N3O3. The number of hydrogen-bond donors (Lipinski definition) is 3. The van der Waals surface area contributed by atoms with E-state index in [4.69, 9.17) is 5.11 Å². The highest BCUT2D eigenvalue weighted by Gasteiger charge is 2.57. The molecule has 1 aliphatic carbocycles. The zero-order valence-electron chi connectivity index (χ0n) is 8.86. The van der Waals surface area contributed by atoms with Crippen molar-refractivity contribution in [3.63, 3.8) is 0 Å². The summed E-state index contributed by atoms with van der Waals surface area (Å²) in [6.07, 6.45) is 4.12. The number of carboxylic acids is 1. The third-order valence-corrected chi connectivity index (χ3v) is 2.96. The molecule has 3 N–H and O–H groups in total. The normalized spacial score (nSPS) is 18.8. The van der Waals surface area contributed by atoms with E-state index in [0.29, 0.717) is 12.8 Å². The number of amides is 1. The molecule has 16 heavy (non-hydrogen) atoms. The van der Waals surface area contributed by atoms with Gasteiger partial charge in [-0.2, -0.15) is 5.10 Å². The first-order chi connectivity index (χ1) is 7.56. The van der Waals surface area contributed by atoms with Crippen LogP contribution in [0.25, 0.3) is 0 Å². The number of nitrogens with zero attached hydrogens (tertiary/aromatic N) is 1. The van der Waals surface area contributed by atoms with E-state index < -0.39 is 17.3 Å². The van der Waals surface area contributed by atoms with E-state index in [9.17, 15) is 9.59 Å². The largest absolute Gasteiger partial charge is 0.480 e. The zero-order chi connectivity index (χ0) is 11.8. The van der Waals surface area contributed by atoms with Crippen LogP contribution in [-0.2, 0) is 9.59 Å². The number of aromatic nitrogens is 2. The predicted octanol–water partition coefficient (Wildman–Crippen LogP) is 0.452. The van der Waals surface area contributed by atoms with Gasteiger partial charge in [0.1, 0.15) is 5.41 Å². The number of nitrogens with one attached hydrogen (secondary N) is 2. The molecule has 0 radical (unpaired) electrons. The quantitative estimate of drug-likeness (QED) is 0.646. The summed E-state index contributed by atoms with van der Waals surface area (Å²) in [5, 5.41) is 18.0. The standard InChI is InChI=1S/C10H13N3O3/c1-6(7-4-11-12-5-7)13-8(14)10(2-3-10)9(15)16/h4-6H,2-3H2,1H3,(H,11,12)(H,13,14)(H,15,16). The number of carbonyl (C=O) groups excluding carboxylic acids is 1. The van der Waals surface area contributed by atoms with Crippen molar-refractivity contribution < 1.29 is 14.7 Å². The Morgan fingerprint density at radius 3 is 2.75 bits per heavy atom. The van der Waals surface area contributed by atoms with Gasteiger partial charge in [0.25, 0.3) is 0 Å². The second kappa shape index (κ2) is 3.62. The van der Waals surface area contributed by atoms with Crippen molar-refractivity contribution in [2.45, 2.75) is 25.8 Å². The molecule has 0 aliphatic heterocycles. The number of carbonyl (C=O) groups is 2. The third kappa shape index (κ3) is 1.66. The molecule has 1 amide bonds. The van der Waals surface area contributed by atoms with Crippen LogP contribution in [0, 0.1) is 5.41 Å². The summed E-state index contributed by atoms with van der Waals surface area (Å²) >= 11 is 0. The molecule has 0 aromatic carbocycles. The second-order valence-electron chi connectivity index (χ2n) is 4.11. The summed E-state index contributed by atoms with van der Waals surface area (Å²) in [6.45, 7) is 1.79. The second-order valence-corrected chi connectivity index (χ2v) is 4.11. The molecule has 0 bridgehead atoms. The molecule has 2 rings (SSSR count). The lowest BCUT2D eigenvalue weighted by atomic mass is 10.1. The molecule has 1 saturated carbocycles. The Kier molecular flexibility index (Phi) is 2.41. The topological polar surface area (TPSA) is 95.1 Å². The number of hydrogen-bond acceptors (Lipinski definition) is 3. The molecule has 1 aromatic rings. The van der Waals surface area contributed by atoms with Gasteiger partial charge in [0.05, 0.1) is 12.2 Å². The molecular weight excluding hydrogens is 210 g/mol. The van der Waals surface area contributed by atoms with Crippen LogP contribution in [0.4, 0.5) is 0 Å². The summed E-state index contributed by atoms with van der Waals surface area (Å²) in [7, 11) is 0. The number of aromatic amines is 1. The van der Waals surface area contributed by atoms with Gasteiger partial charge in [0.2, 0.25) is 5.91 Å². The zero-order valence-corrected chi connectivity index (χ0v) is 8.86. The summed E-state index contributed by atoms with van der Waals surface area (Å²) in [5.74, 6) is -1.45. The monoisotopic (exact) mass is 223 g/mol. The van der Waals surface area contributed by atoms with E-state index in [-0.39, 0.29) is 6.04 Å². The SMILES string of the molecule is CC(NC(=O)C1(C(=O)O)CC1)c1cn[nH]c1. The fraction of sp³-hybridized carbons (Fsp3) is 0.500. The van der Waals surface area contributed by atoms with Crippen molar-refractivity contribution >= 4 is 11.9 Å². The Hall–Kier alpha value is -1.85. The van der Waals surface area contributed by atoms with Crippen molar-refractivity contribution in [2.75, 3.05) is 0 Å². The fourth-order valence-corrected chi connectivity index (χ4v) is 1.58. The van der Waals surface area contributed by atoms with Crippen LogP contribution in [-0.4, -0.2) is 27.2 Å². The Balaban J connectivity index is 2.01. The first kappa shape index (κ1) is 10.7. The van der Waals surface area contributed by atoms with Gasteiger partial charge in [-0.25, -0.2) is 0 Å². The van der Waals surface area contributed by atoms with Gasteiger partial charge in [-0.3, -0.25) is 14.7 Å². The average Bonchev–Trinajstić information content (AvgIpc) is 2.87. The van der Waals surface area contributed by atoms with E-state index in [0.717, 1.165) is 5.56 Å². The predicted molar refractivity (Wildman–Crippen MR) is 54.4 cm³/mol. The summed E-state index contributed by atoms with van der Waals surface area (Å²) in [6, 6.07) is -0.233. The smallest absolute Gasteiger partial charge is 0.319 e. The summed E-state index contributed by atoms with van der Waals surface area (Å²) in [4.78, 5) is 22.7. The highest BCUT2D eigenvalue weighted by Crippen LogP contribution is 2.46. The molecule has 6 nitrogen and oxygen atoms in total. The van der Waals surface area contributed by atoms with Crippen molar-refractivity contribution in [3.05, 3.63) is 18.0 Å². The number of rotatable bonds is 4. The Morgan fingerprint density at radius 2 is 2.31 bits per heavy atom. The highest BCUT2D eigenvalue weighted by atomic mass is 16.4. The third-order valence-electron chi connectivity index (χ3n) is 2.96. The van der Waals surface area contributed by atoms with Crippen LogP contribution in [0.1, 0.15) is 31.4 Å². The number of carboxylic acid groups (broad SMARTS) is 1. The highest BCUT2D eigenvalue weighted by molar-refractivity contribution is 6.04. The number of aliphatic carboxylic acids is 1. The maximum Gasteiger partial charge on any atom is 0.319 e. The van der Waals surface area contributed by atoms with Gasteiger partial charge in [0.15, 0.2) is 0 Å². The van der Waals surface area contributed by atoms with Gasteiger partial charge in [-0.15, -0.1) is 0 Å². The first-order valence-corrected chi connectivity index (χ1v) is 5.09. The van der Waals surface area contributed by atoms with E-state index in [1.54, 1.807) is 19.3 Å². The lowest BCUT2D eigenvalue weighted by Crippen LogP contribution is -2.38. The molecule has 1 aliphatic rings. The Bertz CT molecular complexity index is 409. The molecule has 86 valence electrons. The van der Waals surface area contributed by atoms with Crippen molar-refractivity contribution in [1.29, 1.82) is 0 Å². The fourth-order valence-electron chi connectivity index (χ4n) is 1.58. The van der Waals surface area contributed by atoms with E-state index >= 15 is 0 Å². The minimum absolute atomic E-state index is 0.233. The molecule has 1 fully saturated rings. The maximum atomic E-state index is 11.8. The van der Waals surface area contributed by atoms with E-state index in [2.05, 4.69) is 15.5 Å². The summed E-state index contributed by atoms with van der Waals surface area (Å²) in [5.41, 5.74) is -0.354. The van der Waals surface area contributed by atoms with Crippen LogP contribution >= 0.6 is 0 Å². The Labute approximate surface area is 92.0 Å². The van der Waals surface area contributed by atoms with Gasteiger partial charge in [-0.05, 0) is 19.8 Å². The van der Waals surface area contributed by atoms with Gasteiger partial charge < -0.3 is 10.4 Å². The molecule has 0 spiro atoms. The van der Waals surface area contributed by atoms with Crippen LogP contribution in [0.5, 0.6) is 0 Å². The lowest BCUT2D eigenvalue weighted by molar-refractivity contribution is -0.149. The van der Waals surface area contributed by atoms with Crippen LogP contribution in [0.2, 0.25) is 0 Å². The summed E-state index contributed by atoms with van der Waals surface area (Å²) < 4.78 is 0. The molecule has 1 atom stereocenters. The van der Waals surface area contributed by atoms with Crippen molar-refractivity contribution in [1.82, 2.24) is 15.5 Å².